The Morgan fingerprint density at radius 1 is 0.872 bits per heavy atom. The lowest BCUT2D eigenvalue weighted by molar-refractivity contribution is -0.143. The number of amides is 1. The van der Waals surface area contributed by atoms with Crippen molar-refractivity contribution >= 4 is 23.5 Å². The fourth-order valence-electron chi connectivity index (χ4n) is 4.79. The van der Waals surface area contributed by atoms with Gasteiger partial charge < -0.3 is 9.47 Å². The summed E-state index contributed by atoms with van der Waals surface area (Å²) in [6.45, 7) is 0.153. The van der Waals surface area contributed by atoms with Crippen LogP contribution in [0.15, 0.2) is 97.2 Å². The van der Waals surface area contributed by atoms with Crippen molar-refractivity contribution in [2.75, 3.05) is 12.4 Å². The summed E-state index contributed by atoms with van der Waals surface area (Å²) in [5.74, 6) is 0.258. The summed E-state index contributed by atoms with van der Waals surface area (Å²) >= 11 is 0. The third kappa shape index (κ3) is 4.72. The molecule has 8 heteroatoms. The maximum atomic E-state index is 12.7. The van der Waals surface area contributed by atoms with Gasteiger partial charge in [0.1, 0.15) is 12.3 Å². The number of fused-ring (bicyclic) bond motifs is 1. The smallest absolute Gasteiger partial charge is 0.413 e. The van der Waals surface area contributed by atoms with Crippen LogP contribution in [0.25, 0.3) is 28.0 Å². The number of anilines is 1. The van der Waals surface area contributed by atoms with E-state index in [-0.39, 0.29) is 12.6 Å². The molecule has 0 bridgehead atoms. The molecule has 1 aliphatic carbocycles. The number of nitrogens with one attached hydrogen (secondary N) is 1. The lowest BCUT2D eigenvalue weighted by atomic mass is 9.93. The number of rotatable bonds is 7. The highest BCUT2D eigenvalue weighted by Crippen LogP contribution is 2.49. The molecule has 0 saturated heterocycles. The maximum absolute atomic E-state index is 12.7. The number of aromatic nitrogens is 3. The molecule has 2 heterocycles. The molecule has 1 aliphatic rings. The molecule has 0 atom stereocenters. The summed E-state index contributed by atoms with van der Waals surface area (Å²) in [5, 5.41) is 7.19. The van der Waals surface area contributed by atoms with Crippen LogP contribution >= 0.6 is 0 Å². The van der Waals surface area contributed by atoms with E-state index in [4.69, 9.17) is 14.5 Å². The van der Waals surface area contributed by atoms with Crippen molar-refractivity contribution in [1.82, 2.24) is 14.6 Å². The normalized spacial score (nSPS) is 13.6. The van der Waals surface area contributed by atoms with Gasteiger partial charge in [-0.25, -0.2) is 9.78 Å². The Labute approximate surface area is 225 Å². The van der Waals surface area contributed by atoms with Crippen LogP contribution in [0.1, 0.15) is 24.0 Å². The van der Waals surface area contributed by atoms with Crippen LogP contribution in [0.4, 0.5) is 10.6 Å². The number of imidazole rings is 1. The first-order valence-electron chi connectivity index (χ1n) is 12.7. The fourth-order valence-corrected chi connectivity index (χ4v) is 4.79. The van der Waals surface area contributed by atoms with Crippen LogP contribution < -0.4 is 5.32 Å². The van der Waals surface area contributed by atoms with Gasteiger partial charge in [0.05, 0.1) is 12.5 Å². The number of carbonyl (C=O) groups is 2. The second-order valence-electron chi connectivity index (χ2n) is 9.52. The molecule has 0 aliphatic heterocycles. The van der Waals surface area contributed by atoms with Gasteiger partial charge in [0.2, 0.25) is 0 Å². The van der Waals surface area contributed by atoms with E-state index in [2.05, 4.69) is 10.4 Å². The minimum Gasteiger partial charge on any atom is -0.468 e. The summed E-state index contributed by atoms with van der Waals surface area (Å²) in [6.07, 6.45) is 2.68. The zero-order valence-electron chi connectivity index (χ0n) is 21.3. The van der Waals surface area contributed by atoms with Gasteiger partial charge in [0.25, 0.3) is 0 Å². The van der Waals surface area contributed by atoms with E-state index in [1.807, 2.05) is 84.9 Å². The van der Waals surface area contributed by atoms with Gasteiger partial charge in [-0.05, 0) is 47.2 Å². The van der Waals surface area contributed by atoms with E-state index >= 15 is 0 Å². The molecule has 194 valence electrons. The number of benzene rings is 3. The zero-order valence-corrected chi connectivity index (χ0v) is 21.3. The summed E-state index contributed by atoms with van der Waals surface area (Å²) in [5.41, 5.74) is 5.46. The van der Waals surface area contributed by atoms with Gasteiger partial charge >= 0.3 is 12.1 Å². The number of hydrogen-bond acceptors (Lipinski definition) is 6. The minimum atomic E-state index is -0.593. The quantitative estimate of drug-likeness (QED) is 0.265. The number of methoxy groups -OCH3 is 1. The average molecular weight is 519 g/mol. The Kier molecular flexibility index (Phi) is 6.28. The van der Waals surface area contributed by atoms with Crippen LogP contribution in [0.3, 0.4) is 0 Å². The number of nitrogens with zero attached hydrogens (tertiary/aromatic N) is 3. The standard InChI is InChI=1S/C31H26N4O4/c1-38-29(36)31(17-18-31)25-15-13-23(14-16-25)22-9-11-24(12-10-22)27-28(35-26(33-27)8-5-19-32-35)34-30(37)39-20-21-6-3-2-4-7-21/h2-16,19H,17-18,20H2,1H3,(H,34,37). The molecule has 39 heavy (non-hydrogen) atoms. The predicted octanol–water partition coefficient (Wildman–Crippen LogP) is 6.02. The van der Waals surface area contributed by atoms with E-state index in [0.717, 1.165) is 40.7 Å². The Bertz CT molecular complexity index is 1640. The second kappa shape index (κ2) is 10.1. The molecule has 1 fully saturated rings. The monoisotopic (exact) mass is 518 g/mol. The maximum Gasteiger partial charge on any atom is 0.413 e. The van der Waals surface area contributed by atoms with E-state index in [1.54, 1.807) is 16.8 Å². The highest BCUT2D eigenvalue weighted by molar-refractivity contribution is 5.90. The highest BCUT2D eigenvalue weighted by Gasteiger charge is 2.52. The number of hydrogen-bond donors (Lipinski definition) is 1. The van der Waals surface area contributed by atoms with E-state index in [9.17, 15) is 9.59 Å². The molecule has 3 aromatic carbocycles. The van der Waals surface area contributed by atoms with Gasteiger partial charge in [0, 0.05) is 11.8 Å². The van der Waals surface area contributed by atoms with E-state index in [0.29, 0.717) is 17.2 Å². The molecule has 1 N–H and O–H groups in total. The van der Waals surface area contributed by atoms with Crippen molar-refractivity contribution in [2.45, 2.75) is 24.9 Å². The van der Waals surface area contributed by atoms with Crippen molar-refractivity contribution in [3.63, 3.8) is 0 Å². The van der Waals surface area contributed by atoms with Crippen molar-refractivity contribution in [1.29, 1.82) is 0 Å². The second-order valence-corrected chi connectivity index (χ2v) is 9.52. The molecule has 1 saturated carbocycles. The Balaban J connectivity index is 1.24. The van der Waals surface area contributed by atoms with E-state index < -0.39 is 11.5 Å². The summed E-state index contributed by atoms with van der Waals surface area (Å²) in [7, 11) is 1.44. The Morgan fingerprint density at radius 2 is 1.54 bits per heavy atom. The van der Waals surface area contributed by atoms with Crippen LogP contribution in [-0.4, -0.2) is 33.8 Å². The number of carbonyl (C=O) groups excluding carboxylic acids is 2. The topological polar surface area (TPSA) is 94.8 Å². The van der Waals surface area contributed by atoms with Gasteiger partial charge in [-0.2, -0.15) is 9.61 Å². The minimum absolute atomic E-state index is 0.153. The molecular weight excluding hydrogens is 492 g/mol. The van der Waals surface area contributed by atoms with Gasteiger partial charge in [0.15, 0.2) is 11.5 Å². The SMILES string of the molecule is COC(=O)C1(c2ccc(-c3ccc(-c4nc5cccnn5c4NC(=O)OCc4ccccc4)cc3)cc2)CC1. The Hall–Kier alpha value is -4.98. The third-order valence-electron chi connectivity index (χ3n) is 7.08. The first-order chi connectivity index (χ1) is 19.1. The first-order valence-corrected chi connectivity index (χ1v) is 12.7. The molecule has 8 nitrogen and oxygen atoms in total. The average Bonchev–Trinajstić information content (AvgIpc) is 3.73. The van der Waals surface area contributed by atoms with Crippen molar-refractivity contribution in [3.8, 4) is 22.4 Å². The predicted molar refractivity (Wildman–Crippen MR) is 147 cm³/mol. The van der Waals surface area contributed by atoms with Crippen LogP contribution in [0.2, 0.25) is 0 Å². The summed E-state index contributed by atoms with van der Waals surface area (Å²) in [6, 6.07) is 29.1. The van der Waals surface area contributed by atoms with Crippen LogP contribution in [-0.2, 0) is 26.3 Å². The van der Waals surface area contributed by atoms with Gasteiger partial charge in [-0.1, -0.05) is 78.9 Å². The largest absolute Gasteiger partial charge is 0.468 e. The van der Waals surface area contributed by atoms with Crippen LogP contribution in [0.5, 0.6) is 0 Å². The lowest BCUT2D eigenvalue weighted by Crippen LogP contribution is -2.21. The number of ether oxygens (including phenoxy) is 2. The molecule has 2 aromatic heterocycles. The molecule has 0 radical (unpaired) electrons. The first kappa shape index (κ1) is 24.4. The highest BCUT2D eigenvalue weighted by atomic mass is 16.5. The lowest BCUT2D eigenvalue weighted by Gasteiger charge is -2.13. The molecule has 5 aromatic rings. The molecule has 6 rings (SSSR count). The molecule has 1 amide bonds. The molecular formula is C31H26N4O4. The van der Waals surface area contributed by atoms with Crippen molar-refractivity contribution in [2.24, 2.45) is 0 Å². The van der Waals surface area contributed by atoms with Crippen molar-refractivity contribution < 1.29 is 19.1 Å². The van der Waals surface area contributed by atoms with Gasteiger partial charge in [-0.3, -0.25) is 10.1 Å². The number of esters is 1. The molecule has 0 unspecified atom stereocenters. The van der Waals surface area contributed by atoms with Crippen molar-refractivity contribution in [3.05, 3.63) is 108 Å². The summed E-state index contributed by atoms with van der Waals surface area (Å²) in [4.78, 5) is 29.6. The van der Waals surface area contributed by atoms with E-state index in [1.165, 1.54) is 7.11 Å². The zero-order chi connectivity index (χ0) is 26.8. The van der Waals surface area contributed by atoms with Crippen LogP contribution in [0, 0.1) is 0 Å². The third-order valence-corrected chi connectivity index (χ3v) is 7.08. The molecule has 0 spiro atoms. The van der Waals surface area contributed by atoms with Gasteiger partial charge in [-0.15, -0.1) is 0 Å². The Morgan fingerprint density at radius 3 is 2.21 bits per heavy atom. The summed E-state index contributed by atoms with van der Waals surface area (Å²) < 4.78 is 12.0. The fraction of sp³-hybridized carbons (Fsp3) is 0.161.